The molecule has 174 valence electrons. The molecule has 1 unspecified atom stereocenters. The van der Waals surface area contributed by atoms with Crippen LogP contribution in [0.3, 0.4) is 0 Å². The predicted octanol–water partition coefficient (Wildman–Crippen LogP) is 3.77. The molecular weight excluding hydrogens is 438 g/mol. The van der Waals surface area contributed by atoms with E-state index in [9.17, 15) is 9.59 Å². The van der Waals surface area contributed by atoms with E-state index in [1.807, 2.05) is 73.9 Å². The number of ether oxygens (including phenoxy) is 1. The molecule has 0 radical (unpaired) electrons. The fourth-order valence-corrected chi connectivity index (χ4v) is 4.17. The van der Waals surface area contributed by atoms with Gasteiger partial charge in [-0.25, -0.2) is 0 Å². The standard InChI is InChI=1S/C24H29N5O3S/c1-5-29-23(17(3)25-21(30)14-18-9-11-20(32-4)12-10-18)27-28-24(29)33-15-22(31)26-19-8-6-7-16(2)13-19/h6-13,17H,5,14-15H2,1-4H3,(H,25,30)(H,26,31). The highest BCUT2D eigenvalue weighted by atomic mass is 32.2. The molecule has 2 amide bonds. The molecule has 1 heterocycles. The van der Waals surface area contributed by atoms with Crippen molar-refractivity contribution < 1.29 is 14.3 Å². The molecule has 1 aromatic heterocycles. The zero-order valence-corrected chi connectivity index (χ0v) is 20.1. The van der Waals surface area contributed by atoms with E-state index in [1.165, 1.54) is 11.8 Å². The molecule has 0 aliphatic carbocycles. The fraction of sp³-hybridized carbons (Fsp3) is 0.333. The lowest BCUT2D eigenvalue weighted by atomic mass is 10.1. The number of thioether (sulfide) groups is 1. The van der Waals surface area contributed by atoms with Crippen LogP contribution < -0.4 is 15.4 Å². The van der Waals surface area contributed by atoms with Gasteiger partial charge in [-0.05, 0) is 56.2 Å². The minimum absolute atomic E-state index is 0.106. The van der Waals surface area contributed by atoms with Crippen LogP contribution in [0.5, 0.6) is 5.75 Å². The molecule has 33 heavy (non-hydrogen) atoms. The molecule has 0 bridgehead atoms. The van der Waals surface area contributed by atoms with Crippen molar-refractivity contribution >= 4 is 29.3 Å². The van der Waals surface area contributed by atoms with Gasteiger partial charge >= 0.3 is 0 Å². The first-order valence-corrected chi connectivity index (χ1v) is 11.7. The Morgan fingerprint density at radius 3 is 2.55 bits per heavy atom. The van der Waals surface area contributed by atoms with Crippen LogP contribution in [0.2, 0.25) is 0 Å². The van der Waals surface area contributed by atoms with Crippen molar-refractivity contribution in [1.82, 2.24) is 20.1 Å². The van der Waals surface area contributed by atoms with Crippen molar-refractivity contribution in [2.45, 2.75) is 44.9 Å². The van der Waals surface area contributed by atoms with Crippen LogP contribution in [0, 0.1) is 6.92 Å². The van der Waals surface area contributed by atoms with Gasteiger partial charge in [0.2, 0.25) is 11.8 Å². The molecule has 0 aliphatic rings. The Morgan fingerprint density at radius 1 is 1.12 bits per heavy atom. The summed E-state index contributed by atoms with van der Waals surface area (Å²) in [5.41, 5.74) is 2.75. The molecule has 0 aliphatic heterocycles. The lowest BCUT2D eigenvalue weighted by molar-refractivity contribution is -0.121. The second-order valence-electron chi connectivity index (χ2n) is 7.61. The minimum Gasteiger partial charge on any atom is -0.497 e. The number of anilines is 1. The first kappa shape index (κ1) is 24.3. The van der Waals surface area contributed by atoms with E-state index in [0.717, 1.165) is 22.6 Å². The smallest absolute Gasteiger partial charge is 0.234 e. The number of nitrogens with zero attached hydrogens (tertiary/aromatic N) is 3. The van der Waals surface area contributed by atoms with Crippen molar-refractivity contribution in [3.8, 4) is 5.75 Å². The van der Waals surface area contributed by atoms with Crippen molar-refractivity contribution in [3.63, 3.8) is 0 Å². The molecule has 0 saturated heterocycles. The number of carbonyl (C=O) groups excluding carboxylic acids is 2. The number of methoxy groups -OCH3 is 1. The van der Waals surface area contributed by atoms with Gasteiger partial charge < -0.3 is 19.9 Å². The van der Waals surface area contributed by atoms with E-state index < -0.39 is 0 Å². The van der Waals surface area contributed by atoms with Gasteiger partial charge in [-0.15, -0.1) is 10.2 Å². The zero-order valence-electron chi connectivity index (χ0n) is 19.3. The minimum atomic E-state index is -0.321. The number of benzene rings is 2. The maximum absolute atomic E-state index is 12.5. The van der Waals surface area contributed by atoms with Crippen molar-refractivity contribution in [3.05, 3.63) is 65.5 Å². The van der Waals surface area contributed by atoms with Crippen molar-refractivity contribution in [2.75, 3.05) is 18.2 Å². The van der Waals surface area contributed by atoms with Gasteiger partial charge in [0, 0.05) is 12.2 Å². The second-order valence-corrected chi connectivity index (χ2v) is 8.55. The van der Waals surface area contributed by atoms with Gasteiger partial charge in [0.25, 0.3) is 0 Å². The van der Waals surface area contributed by atoms with Crippen LogP contribution in [-0.4, -0.2) is 39.4 Å². The van der Waals surface area contributed by atoms with Crippen molar-refractivity contribution in [1.29, 1.82) is 0 Å². The summed E-state index contributed by atoms with van der Waals surface area (Å²) in [5, 5.41) is 15.0. The monoisotopic (exact) mass is 467 g/mol. The summed E-state index contributed by atoms with van der Waals surface area (Å²) in [7, 11) is 1.61. The van der Waals surface area contributed by atoms with E-state index in [2.05, 4.69) is 20.8 Å². The molecule has 9 heteroatoms. The molecule has 0 spiro atoms. The van der Waals surface area contributed by atoms with E-state index in [0.29, 0.717) is 17.5 Å². The van der Waals surface area contributed by atoms with E-state index >= 15 is 0 Å². The molecule has 2 aromatic carbocycles. The number of hydrogen-bond donors (Lipinski definition) is 2. The molecule has 2 N–H and O–H groups in total. The number of amides is 2. The zero-order chi connectivity index (χ0) is 23.8. The molecule has 3 rings (SSSR count). The van der Waals surface area contributed by atoms with Crippen LogP contribution in [-0.2, 0) is 22.6 Å². The number of carbonyl (C=O) groups is 2. The maximum Gasteiger partial charge on any atom is 0.234 e. The Kier molecular flexibility index (Phi) is 8.48. The van der Waals surface area contributed by atoms with Gasteiger partial charge in [-0.3, -0.25) is 9.59 Å². The number of hydrogen-bond acceptors (Lipinski definition) is 6. The Labute approximate surface area is 198 Å². The average Bonchev–Trinajstić information content (AvgIpc) is 3.21. The fourth-order valence-electron chi connectivity index (χ4n) is 3.36. The summed E-state index contributed by atoms with van der Waals surface area (Å²) in [6.45, 7) is 6.46. The van der Waals surface area contributed by atoms with Gasteiger partial charge in [-0.2, -0.15) is 0 Å². The quantitative estimate of drug-likeness (QED) is 0.441. The second kappa shape index (κ2) is 11.5. The maximum atomic E-state index is 12.5. The van der Waals surface area contributed by atoms with Gasteiger partial charge in [-0.1, -0.05) is 36.0 Å². The molecule has 3 aromatic rings. The molecule has 0 saturated carbocycles. The molecule has 1 atom stereocenters. The topological polar surface area (TPSA) is 98.1 Å². The Bertz CT molecular complexity index is 1100. The summed E-state index contributed by atoms with van der Waals surface area (Å²) in [6.07, 6.45) is 0.259. The highest BCUT2D eigenvalue weighted by molar-refractivity contribution is 7.99. The van der Waals surface area contributed by atoms with Gasteiger partial charge in [0.1, 0.15) is 5.75 Å². The first-order valence-electron chi connectivity index (χ1n) is 10.7. The average molecular weight is 468 g/mol. The number of nitrogens with one attached hydrogen (secondary N) is 2. The molecule has 0 fully saturated rings. The van der Waals surface area contributed by atoms with Crippen molar-refractivity contribution in [2.24, 2.45) is 0 Å². The Morgan fingerprint density at radius 2 is 1.88 bits per heavy atom. The molecule has 8 nitrogen and oxygen atoms in total. The summed E-state index contributed by atoms with van der Waals surface area (Å²) < 4.78 is 7.07. The summed E-state index contributed by atoms with van der Waals surface area (Å²) in [4.78, 5) is 24.9. The number of aryl methyl sites for hydroxylation is 1. The largest absolute Gasteiger partial charge is 0.497 e. The van der Waals surface area contributed by atoms with E-state index in [-0.39, 0.29) is 30.0 Å². The van der Waals surface area contributed by atoms with Crippen LogP contribution in [0.1, 0.15) is 36.8 Å². The predicted molar refractivity (Wildman–Crippen MR) is 129 cm³/mol. The summed E-state index contributed by atoms with van der Waals surface area (Å²) >= 11 is 1.32. The molecular formula is C24H29N5O3S. The van der Waals surface area contributed by atoms with Gasteiger partial charge in [0.15, 0.2) is 11.0 Å². The lowest BCUT2D eigenvalue weighted by Gasteiger charge is -2.15. The van der Waals surface area contributed by atoms with Crippen LogP contribution >= 0.6 is 11.8 Å². The first-order chi connectivity index (χ1) is 15.9. The number of rotatable bonds is 10. The van der Waals surface area contributed by atoms with Crippen LogP contribution in [0.4, 0.5) is 5.69 Å². The SMILES string of the molecule is CCn1c(SCC(=O)Nc2cccc(C)c2)nnc1C(C)NC(=O)Cc1ccc(OC)cc1. The van der Waals surface area contributed by atoms with Gasteiger partial charge in [0.05, 0.1) is 25.3 Å². The van der Waals surface area contributed by atoms with E-state index in [4.69, 9.17) is 4.74 Å². The Balaban J connectivity index is 1.56. The van der Waals surface area contributed by atoms with Crippen LogP contribution in [0.15, 0.2) is 53.7 Å². The third kappa shape index (κ3) is 6.82. The Hall–Kier alpha value is -3.33. The third-order valence-electron chi connectivity index (χ3n) is 4.98. The summed E-state index contributed by atoms with van der Waals surface area (Å²) in [5.74, 6) is 1.40. The normalized spacial score (nSPS) is 11.6. The number of aromatic nitrogens is 3. The highest BCUT2D eigenvalue weighted by Gasteiger charge is 2.20. The summed E-state index contributed by atoms with van der Waals surface area (Å²) in [6, 6.07) is 14.7. The third-order valence-corrected chi connectivity index (χ3v) is 5.95. The lowest BCUT2D eigenvalue weighted by Crippen LogP contribution is -2.30. The highest BCUT2D eigenvalue weighted by Crippen LogP contribution is 2.21. The van der Waals surface area contributed by atoms with E-state index in [1.54, 1.807) is 7.11 Å². The van der Waals surface area contributed by atoms with Crippen LogP contribution in [0.25, 0.3) is 0 Å².